The Bertz CT molecular complexity index is 738. The highest BCUT2D eigenvalue weighted by molar-refractivity contribution is 7.89. The van der Waals surface area contributed by atoms with Gasteiger partial charge in [0.1, 0.15) is 6.04 Å². The molecule has 0 saturated carbocycles. The van der Waals surface area contributed by atoms with Crippen LogP contribution < -0.4 is 4.72 Å². The van der Waals surface area contributed by atoms with Gasteiger partial charge in [-0.2, -0.15) is 4.72 Å². The summed E-state index contributed by atoms with van der Waals surface area (Å²) >= 11 is 7.02. The maximum atomic E-state index is 12.2. The maximum absolute atomic E-state index is 12.2. The molecule has 2 aromatic rings. The van der Waals surface area contributed by atoms with Crippen molar-refractivity contribution >= 4 is 43.9 Å². The number of nitrogens with one attached hydrogen (secondary N) is 1. The van der Waals surface area contributed by atoms with Crippen molar-refractivity contribution in [1.82, 2.24) is 14.1 Å². The molecule has 0 fully saturated rings. The third-order valence-electron chi connectivity index (χ3n) is 2.40. The van der Waals surface area contributed by atoms with Crippen LogP contribution in [0.3, 0.4) is 0 Å². The molecule has 2 N–H and O–H groups in total. The molecule has 0 saturated heterocycles. The molecule has 110 valence electrons. The summed E-state index contributed by atoms with van der Waals surface area (Å²) in [6.07, 6.45) is 1.49. The molecule has 8 nitrogen and oxygen atoms in total. The van der Waals surface area contributed by atoms with E-state index in [1.54, 1.807) is 5.38 Å². The number of hydrogen-bond acceptors (Lipinski definition) is 7. The van der Waals surface area contributed by atoms with Gasteiger partial charge in [-0.1, -0.05) is 11.6 Å². The summed E-state index contributed by atoms with van der Waals surface area (Å²) < 4.78 is 32.2. The second-order valence-corrected chi connectivity index (χ2v) is 6.50. The van der Waals surface area contributed by atoms with Gasteiger partial charge in [0.15, 0.2) is 15.1 Å². The Labute approximate surface area is 123 Å². The number of rotatable bonds is 5. The van der Waals surface area contributed by atoms with Crippen LogP contribution in [-0.4, -0.2) is 48.6 Å². The molecule has 0 radical (unpaired) electrons. The van der Waals surface area contributed by atoms with E-state index >= 15 is 0 Å². The largest absolute Gasteiger partial charge is 0.468 e. The SMILES string of the molecule is COC(=O)C(CO)NS(=O)(=O)c1c(Cl)nc2sccn12. The number of fused-ring (bicyclic) bond motifs is 1. The number of carbonyl (C=O) groups excluding carboxylic acids is 1. The Kier molecular flexibility index (Phi) is 4.30. The highest BCUT2D eigenvalue weighted by Crippen LogP contribution is 2.25. The zero-order valence-electron chi connectivity index (χ0n) is 10.1. The molecule has 0 spiro atoms. The molecule has 1 atom stereocenters. The number of hydrogen-bond donors (Lipinski definition) is 2. The Morgan fingerprint density at radius 2 is 2.40 bits per heavy atom. The lowest BCUT2D eigenvalue weighted by Crippen LogP contribution is -2.44. The van der Waals surface area contributed by atoms with Crippen molar-refractivity contribution in [1.29, 1.82) is 0 Å². The number of aliphatic hydroxyl groups is 1. The highest BCUT2D eigenvalue weighted by Gasteiger charge is 2.30. The fraction of sp³-hybridized carbons (Fsp3) is 0.333. The lowest BCUT2D eigenvalue weighted by molar-refractivity contribution is -0.143. The first-order valence-corrected chi connectivity index (χ1v) is 7.97. The third kappa shape index (κ3) is 2.65. The minimum Gasteiger partial charge on any atom is -0.468 e. The van der Waals surface area contributed by atoms with Gasteiger partial charge in [-0.15, -0.1) is 11.3 Å². The lowest BCUT2D eigenvalue weighted by Gasteiger charge is -2.13. The van der Waals surface area contributed by atoms with E-state index < -0.39 is 28.6 Å². The molecule has 20 heavy (non-hydrogen) atoms. The maximum Gasteiger partial charge on any atom is 0.326 e. The Hall–Kier alpha value is -1.20. The number of carbonyl (C=O) groups is 1. The molecule has 0 aliphatic carbocycles. The molecule has 0 bridgehead atoms. The number of nitrogens with zero attached hydrogens (tertiary/aromatic N) is 2. The average Bonchev–Trinajstić information content (AvgIpc) is 2.94. The standard InChI is InChI=1S/C9H10ClN3O5S2/c1-18-8(15)5(4-14)12-20(16,17)7-6(10)11-9-13(7)2-3-19-9/h2-3,5,12,14H,4H2,1H3. The fourth-order valence-electron chi connectivity index (χ4n) is 1.52. The van der Waals surface area contributed by atoms with Crippen molar-refractivity contribution in [2.45, 2.75) is 11.1 Å². The van der Waals surface area contributed by atoms with Gasteiger partial charge in [0.25, 0.3) is 10.0 Å². The molecule has 2 heterocycles. The number of sulfonamides is 1. The van der Waals surface area contributed by atoms with Crippen LogP contribution in [0.2, 0.25) is 5.15 Å². The Morgan fingerprint density at radius 1 is 1.70 bits per heavy atom. The first-order chi connectivity index (χ1) is 9.40. The van der Waals surface area contributed by atoms with E-state index in [-0.39, 0.29) is 10.2 Å². The smallest absolute Gasteiger partial charge is 0.326 e. The second kappa shape index (κ2) is 5.66. The van der Waals surface area contributed by atoms with Crippen molar-refractivity contribution in [3.8, 4) is 0 Å². The first-order valence-electron chi connectivity index (χ1n) is 5.22. The van der Waals surface area contributed by atoms with Crippen LogP contribution in [0.5, 0.6) is 0 Å². The van der Waals surface area contributed by atoms with E-state index in [4.69, 9.17) is 16.7 Å². The van der Waals surface area contributed by atoms with Crippen LogP contribution in [-0.2, 0) is 19.6 Å². The summed E-state index contributed by atoms with van der Waals surface area (Å²) in [5.74, 6) is -0.904. The van der Waals surface area contributed by atoms with Crippen molar-refractivity contribution in [3.05, 3.63) is 16.7 Å². The summed E-state index contributed by atoms with van der Waals surface area (Å²) in [4.78, 5) is 15.6. The number of ether oxygens (including phenoxy) is 1. The van der Waals surface area contributed by atoms with E-state index in [9.17, 15) is 13.2 Å². The Balaban J connectivity index is 2.42. The van der Waals surface area contributed by atoms with E-state index in [0.717, 1.165) is 7.11 Å². The molecule has 2 rings (SSSR count). The minimum absolute atomic E-state index is 0.217. The summed E-state index contributed by atoms with van der Waals surface area (Å²) in [6, 6.07) is -1.41. The van der Waals surface area contributed by atoms with Crippen molar-refractivity contribution < 1.29 is 23.1 Å². The van der Waals surface area contributed by atoms with E-state index in [1.807, 2.05) is 4.72 Å². The van der Waals surface area contributed by atoms with Crippen molar-refractivity contribution in [3.63, 3.8) is 0 Å². The van der Waals surface area contributed by atoms with Gasteiger partial charge in [-0.25, -0.2) is 13.4 Å². The normalized spacial score (nSPS) is 13.6. The number of esters is 1. The molecular formula is C9H10ClN3O5S2. The summed E-state index contributed by atoms with van der Waals surface area (Å²) in [7, 11) is -3.06. The van der Waals surface area contributed by atoms with E-state index in [2.05, 4.69) is 9.72 Å². The number of aromatic nitrogens is 2. The van der Waals surface area contributed by atoms with Gasteiger partial charge in [0.05, 0.1) is 13.7 Å². The Morgan fingerprint density at radius 3 is 3.00 bits per heavy atom. The number of thiazole rings is 1. The van der Waals surface area contributed by atoms with Crippen LogP contribution >= 0.6 is 22.9 Å². The molecule has 1 unspecified atom stereocenters. The van der Waals surface area contributed by atoms with Crippen molar-refractivity contribution in [2.75, 3.05) is 13.7 Å². The first kappa shape index (κ1) is 15.2. The predicted octanol–water partition coefficient (Wildman–Crippen LogP) is -0.139. The molecule has 0 aromatic carbocycles. The molecular weight excluding hydrogens is 330 g/mol. The van der Waals surface area contributed by atoms with Crippen LogP contribution in [0.4, 0.5) is 0 Å². The van der Waals surface area contributed by atoms with E-state index in [1.165, 1.54) is 21.9 Å². The van der Waals surface area contributed by atoms with Crippen molar-refractivity contribution in [2.24, 2.45) is 0 Å². The topological polar surface area (TPSA) is 110 Å². The molecule has 11 heteroatoms. The van der Waals surface area contributed by atoms with Gasteiger partial charge < -0.3 is 9.84 Å². The van der Waals surface area contributed by atoms with Gasteiger partial charge >= 0.3 is 5.97 Å². The number of imidazole rings is 1. The van der Waals surface area contributed by atoms with Crippen LogP contribution in [0.25, 0.3) is 4.96 Å². The summed E-state index contributed by atoms with van der Waals surface area (Å²) in [5, 5.41) is 10.2. The van der Waals surface area contributed by atoms with Crippen LogP contribution in [0.15, 0.2) is 16.6 Å². The third-order valence-corrected chi connectivity index (χ3v) is 5.02. The minimum atomic E-state index is -4.15. The summed E-state index contributed by atoms with van der Waals surface area (Å²) in [6.45, 7) is -0.741. The lowest BCUT2D eigenvalue weighted by atomic mass is 10.3. The summed E-state index contributed by atoms with van der Waals surface area (Å²) in [5.41, 5.74) is 0. The average molecular weight is 340 g/mol. The number of methoxy groups -OCH3 is 1. The predicted molar refractivity (Wildman–Crippen MR) is 71.3 cm³/mol. The number of halogens is 1. The van der Waals surface area contributed by atoms with Gasteiger partial charge in [-0.05, 0) is 0 Å². The van der Waals surface area contributed by atoms with E-state index in [0.29, 0.717) is 4.96 Å². The number of aliphatic hydroxyl groups excluding tert-OH is 1. The molecule has 2 aromatic heterocycles. The van der Waals surface area contributed by atoms with Crippen LogP contribution in [0, 0.1) is 0 Å². The second-order valence-electron chi connectivity index (χ2n) is 3.64. The molecule has 0 aliphatic heterocycles. The monoisotopic (exact) mass is 339 g/mol. The van der Waals surface area contributed by atoms with Gasteiger partial charge in [0.2, 0.25) is 0 Å². The van der Waals surface area contributed by atoms with Gasteiger partial charge in [0, 0.05) is 11.6 Å². The zero-order chi connectivity index (χ0) is 14.9. The van der Waals surface area contributed by atoms with Crippen LogP contribution in [0.1, 0.15) is 0 Å². The molecule has 0 amide bonds. The highest BCUT2D eigenvalue weighted by atomic mass is 35.5. The van der Waals surface area contributed by atoms with Gasteiger partial charge in [-0.3, -0.25) is 9.20 Å². The fourth-order valence-corrected chi connectivity index (χ4v) is 4.15. The zero-order valence-corrected chi connectivity index (χ0v) is 12.5. The molecule has 0 aliphatic rings. The quantitative estimate of drug-likeness (QED) is 0.734.